The van der Waals surface area contributed by atoms with Crippen molar-refractivity contribution in [1.29, 1.82) is 0 Å². The Labute approximate surface area is 203 Å². The molecule has 0 radical (unpaired) electrons. The molecule has 1 saturated carbocycles. The normalized spacial score (nSPS) is 27.8. The zero-order valence-corrected chi connectivity index (χ0v) is 22.4. The van der Waals surface area contributed by atoms with Crippen LogP contribution in [-0.2, 0) is 26.3 Å². The number of nitrogens with zero attached hydrogens (tertiary/aromatic N) is 2. The van der Waals surface area contributed by atoms with Crippen LogP contribution in [0.25, 0.3) is 0 Å². The van der Waals surface area contributed by atoms with Crippen LogP contribution in [0.4, 0.5) is 0 Å². The van der Waals surface area contributed by atoms with Crippen molar-refractivity contribution >= 4 is 23.3 Å². The number of hydrogen-bond acceptors (Lipinski definition) is 4. The topological polar surface area (TPSA) is 72.7 Å². The van der Waals surface area contributed by atoms with Gasteiger partial charge >= 0.3 is 0 Å². The van der Waals surface area contributed by atoms with Gasteiger partial charge in [0.15, 0.2) is 0 Å². The molecule has 7 heteroatoms. The summed E-state index contributed by atoms with van der Waals surface area (Å²) >= 11 is 1.57. The second-order valence-electron chi connectivity index (χ2n) is 11.6. The minimum absolute atomic E-state index is 0.0392. The maximum Gasteiger partial charge on any atom is 0.253 e. The second kappa shape index (κ2) is 10.0. The molecule has 0 spiro atoms. The third-order valence-electron chi connectivity index (χ3n) is 7.94. The lowest BCUT2D eigenvalue weighted by atomic mass is 9.65. The van der Waals surface area contributed by atoms with Crippen molar-refractivity contribution in [3.05, 3.63) is 16.4 Å². The van der Waals surface area contributed by atoms with Crippen molar-refractivity contribution in [1.82, 2.24) is 9.27 Å². The largest absolute Gasteiger partial charge is 0.376 e. The van der Waals surface area contributed by atoms with E-state index in [1.165, 1.54) is 0 Å². The summed E-state index contributed by atoms with van der Waals surface area (Å²) in [4.78, 5) is 31.4. The summed E-state index contributed by atoms with van der Waals surface area (Å²) < 4.78 is 8.67. The highest BCUT2D eigenvalue weighted by atomic mass is 32.1. The van der Waals surface area contributed by atoms with Crippen LogP contribution in [0.5, 0.6) is 0 Å². The molecule has 0 aromatic carbocycles. The van der Waals surface area contributed by atoms with Gasteiger partial charge in [-0.3, -0.25) is 13.5 Å². The molecule has 33 heavy (non-hydrogen) atoms. The predicted octanol–water partition coefficient (Wildman–Crippen LogP) is 4.81. The van der Waals surface area contributed by atoms with E-state index in [1.807, 2.05) is 6.92 Å². The molecule has 6 nitrogen and oxygen atoms in total. The summed E-state index contributed by atoms with van der Waals surface area (Å²) in [6.45, 7) is 16.1. The van der Waals surface area contributed by atoms with Gasteiger partial charge in [0.2, 0.25) is 5.91 Å². The number of carbonyl (C=O) groups is 2. The van der Waals surface area contributed by atoms with Gasteiger partial charge in [-0.25, -0.2) is 4.99 Å². The number of carbonyl (C=O) groups excluding carboxylic acids is 2. The Morgan fingerprint density at radius 1 is 1.27 bits per heavy atom. The van der Waals surface area contributed by atoms with Crippen LogP contribution < -0.4 is 9.99 Å². The second-order valence-corrected chi connectivity index (χ2v) is 12.6. The van der Waals surface area contributed by atoms with Gasteiger partial charge in [0.05, 0.1) is 11.5 Å². The van der Waals surface area contributed by atoms with E-state index in [-0.39, 0.29) is 29.4 Å². The van der Waals surface area contributed by atoms with E-state index in [1.54, 1.807) is 11.5 Å². The van der Waals surface area contributed by atoms with Crippen LogP contribution in [0.3, 0.4) is 0 Å². The van der Waals surface area contributed by atoms with Crippen molar-refractivity contribution in [2.24, 2.45) is 21.7 Å². The van der Waals surface area contributed by atoms with Crippen LogP contribution in [0.15, 0.2) is 11.2 Å². The highest BCUT2D eigenvalue weighted by molar-refractivity contribution is 7.04. The van der Waals surface area contributed by atoms with Gasteiger partial charge in [0.1, 0.15) is 4.67 Å². The van der Waals surface area contributed by atoms with Crippen LogP contribution >= 0.6 is 11.5 Å². The van der Waals surface area contributed by atoms with E-state index < -0.39 is 10.8 Å². The lowest BCUT2D eigenvalue weighted by Gasteiger charge is -2.38. The Balaban J connectivity index is 1.82. The first-order valence-electron chi connectivity index (χ1n) is 12.6. The van der Waals surface area contributed by atoms with Crippen LogP contribution in [0.1, 0.15) is 92.6 Å². The minimum Gasteiger partial charge on any atom is -0.376 e. The Kier molecular flexibility index (Phi) is 7.94. The van der Waals surface area contributed by atoms with Gasteiger partial charge in [-0.1, -0.05) is 34.1 Å². The molecule has 1 saturated heterocycles. The molecular weight excluding hydrogens is 434 g/mol. The molecule has 1 aromatic heterocycles. The molecule has 3 rings (SSSR count). The summed E-state index contributed by atoms with van der Waals surface area (Å²) in [5.41, 5.74) is -0.0482. The van der Waals surface area contributed by atoms with E-state index in [0.717, 1.165) is 48.9 Å². The van der Waals surface area contributed by atoms with E-state index in [4.69, 9.17) is 9.73 Å². The van der Waals surface area contributed by atoms with Gasteiger partial charge in [-0.05, 0) is 76.2 Å². The van der Waals surface area contributed by atoms with Crippen molar-refractivity contribution in [2.45, 2.75) is 105 Å². The molecule has 1 aromatic rings. The summed E-state index contributed by atoms with van der Waals surface area (Å²) in [7, 11) is 0. The molecule has 1 aliphatic heterocycles. The third-order valence-corrected chi connectivity index (χ3v) is 9.32. The Morgan fingerprint density at radius 2 is 2.00 bits per heavy atom. The first kappa shape index (κ1) is 26.1. The molecule has 2 fully saturated rings. The summed E-state index contributed by atoms with van der Waals surface area (Å²) in [6.07, 6.45) is 8.83. The lowest BCUT2D eigenvalue weighted by molar-refractivity contribution is -0.136. The van der Waals surface area contributed by atoms with Crippen molar-refractivity contribution in [2.75, 3.05) is 13.2 Å². The van der Waals surface area contributed by atoms with Crippen molar-refractivity contribution < 1.29 is 14.3 Å². The number of unbranched alkanes of at least 4 members (excludes halogenated alkanes) is 1. The molecule has 3 atom stereocenters. The molecule has 2 aliphatic rings. The predicted molar refractivity (Wildman–Crippen MR) is 133 cm³/mol. The van der Waals surface area contributed by atoms with Crippen molar-refractivity contribution in [3.8, 4) is 0 Å². The molecule has 1 aliphatic carbocycles. The van der Waals surface area contributed by atoms with Crippen LogP contribution in [0.2, 0.25) is 0 Å². The van der Waals surface area contributed by atoms with Crippen LogP contribution in [-0.4, -0.2) is 35.0 Å². The summed E-state index contributed by atoms with van der Waals surface area (Å²) in [5.74, 6) is -0.259. The van der Waals surface area contributed by atoms with E-state index >= 15 is 0 Å². The molecule has 1 N–H and O–H groups in total. The van der Waals surface area contributed by atoms with Gasteiger partial charge < -0.3 is 10.1 Å². The highest BCUT2D eigenvalue weighted by Crippen LogP contribution is 2.56. The average Bonchev–Trinajstić information content (AvgIpc) is 3.44. The van der Waals surface area contributed by atoms with E-state index in [2.05, 4.69) is 57.0 Å². The minimum atomic E-state index is -0.669. The number of hydrogen-bond donors (Lipinski definition) is 1. The zero-order chi connectivity index (χ0) is 24.4. The zero-order valence-electron chi connectivity index (χ0n) is 21.6. The Morgan fingerprint density at radius 3 is 2.61 bits per heavy atom. The third kappa shape index (κ3) is 5.45. The Hall–Kier alpha value is -1.47. The summed E-state index contributed by atoms with van der Waals surface area (Å²) in [6, 6.07) is 0. The maximum absolute atomic E-state index is 13.7. The fourth-order valence-corrected chi connectivity index (χ4v) is 6.07. The standard InChI is InChI=1S/C26H43N3O3S/c1-8-9-11-18-17-29(24(2,3)4)33-22(18)28-23(31)26(7)14-13-20(25(26,5)6)21(30)27-16-19-12-10-15-32-19/h17,19-20H,8-16H2,1-7H3,(H,27,30)/t19-,20?,26?/m1/s1. The first-order valence-corrected chi connectivity index (χ1v) is 13.4. The summed E-state index contributed by atoms with van der Waals surface area (Å²) in [5, 5.41) is 3.09. The van der Waals surface area contributed by atoms with Gasteiger partial charge in [-0.15, -0.1) is 0 Å². The lowest BCUT2D eigenvalue weighted by Crippen LogP contribution is -2.46. The average molecular weight is 478 g/mol. The fourth-order valence-electron chi connectivity index (χ4n) is 5.04. The van der Waals surface area contributed by atoms with Gasteiger partial charge in [0, 0.05) is 36.4 Å². The van der Waals surface area contributed by atoms with Gasteiger partial charge in [0.25, 0.3) is 5.91 Å². The smallest absolute Gasteiger partial charge is 0.253 e. The molecular formula is C26H43N3O3S. The monoisotopic (exact) mass is 477 g/mol. The fraction of sp³-hybridized carbons (Fsp3) is 0.808. The number of aromatic nitrogens is 1. The van der Waals surface area contributed by atoms with Crippen molar-refractivity contribution in [3.63, 3.8) is 0 Å². The number of ether oxygens (including phenoxy) is 1. The number of amides is 2. The first-order chi connectivity index (χ1) is 15.4. The molecule has 186 valence electrons. The van der Waals surface area contributed by atoms with E-state index in [0.29, 0.717) is 19.4 Å². The molecule has 0 bridgehead atoms. The Bertz CT molecular complexity index is 918. The number of aryl methyl sites for hydroxylation is 1. The SMILES string of the molecule is CCCCc1cn(C(C)(C)C)sc1=NC(=O)C1(C)CCC(C(=O)NC[C@H]2CCCO2)C1(C)C. The number of rotatable bonds is 7. The van der Waals surface area contributed by atoms with E-state index in [9.17, 15) is 9.59 Å². The maximum atomic E-state index is 13.7. The molecule has 2 unspecified atom stereocenters. The quantitative estimate of drug-likeness (QED) is 0.612. The highest BCUT2D eigenvalue weighted by Gasteiger charge is 2.58. The molecule has 2 amide bonds. The number of nitrogens with one attached hydrogen (secondary N) is 1. The van der Waals surface area contributed by atoms with Crippen LogP contribution in [0, 0.1) is 16.7 Å². The molecule has 2 heterocycles. The van der Waals surface area contributed by atoms with Gasteiger partial charge in [-0.2, -0.15) is 0 Å².